The molecule has 29 heavy (non-hydrogen) atoms. The third kappa shape index (κ3) is 5.35. The Morgan fingerprint density at radius 2 is 1.69 bits per heavy atom. The van der Waals surface area contributed by atoms with Crippen molar-refractivity contribution in [3.8, 4) is 0 Å². The zero-order valence-corrected chi connectivity index (χ0v) is 15.8. The molecule has 3 rings (SSSR count). The smallest absolute Gasteiger partial charge is 0.328 e. The molecule has 2 aromatic carbocycles. The highest BCUT2D eigenvalue weighted by Gasteiger charge is 2.23. The zero-order chi connectivity index (χ0) is 20.6. The van der Waals surface area contributed by atoms with Gasteiger partial charge in [-0.05, 0) is 24.3 Å². The number of hydrogen-bond acceptors (Lipinski definition) is 6. The van der Waals surface area contributed by atoms with Crippen molar-refractivity contribution < 1.29 is 19.1 Å². The van der Waals surface area contributed by atoms with Crippen molar-refractivity contribution in [2.45, 2.75) is 12.5 Å². The summed E-state index contributed by atoms with van der Waals surface area (Å²) in [6, 6.07) is 14.9. The molecule has 8 nitrogen and oxygen atoms in total. The van der Waals surface area contributed by atoms with E-state index in [0.29, 0.717) is 16.8 Å². The Bertz CT molecular complexity index is 1020. The summed E-state index contributed by atoms with van der Waals surface area (Å²) < 4.78 is 4.78. The highest BCUT2D eigenvalue weighted by atomic mass is 16.5. The van der Waals surface area contributed by atoms with Crippen LogP contribution in [0.3, 0.4) is 0 Å². The largest absolute Gasteiger partial charge is 0.467 e. The first-order chi connectivity index (χ1) is 14.1. The van der Waals surface area contributed by atoms with E-state index in [1.54, 1.807) is 36.5 Å². The summed E-state index contributed by atoms with van der Waals surface area (Å²) in [7, 11) is 1.24. The highest BCUT2D eigenvalue weighted by Crippen LogP contribution is 2.10. The summed E-state index contributed by atoms with van der Waals surface area (Å²) in [5.74, 6) is -1.50. The van der Waals surface area contributed by atoms with Gasteiger partial charge in [-0.3, -0.25) is 14.6 Å². The average Bonchev–Trinajstić information content (AvgIpc) is 2.77. The molecule has 2 N–H and O–H groups in total. The molecule has 3 aromatic rings. The number of amides is 2. The van der Waals surface area contributed by atoms with Crippen molar-refractivity contribution in [3.05, 3.63) is 72.1 Å². The Morgan fingerprint density at radius 1 is 1.00 bits per heavy atom. The number of methoxy groups -OCH3 is 1. The fraction of sp³-hybridized carbons (Fsp3) is 0.190. The van der Waals surface area contributed by atoms with E-state index in [2.05, 4.69) is 20.6 Å². The fourth-order valence-electron chi connectivity index (χ4n) is 2.74. The molecule has 0 saturated carbocycles. The van der Waals surface area contributed by atoms with Crippen molar-refractivity contribution in [2.24, 2.45) is 0 Å². The van der Waals surface area contributed by atoms with Gasteiger partial charge >= 0.3 is 5.97 Å². The zero-order valence-electron chi connectivity index (χ0n) is 15.8. The van der Waals surface area contributed by atoms with E-state index in [1.165, 1.54) is 7.11 Å². The molecule has 0 aliphatic heterocycles. The van der Waals surface area contributed by atoms with E-state index >= 15 is 0 Å². The van der Waals surface area contributed by atoms with Gasteiger partial charge in [0.1, 0.15) is 6.04 Å². The molecular formula is C21H20N4O4. The molecule has 0 aliphatic carbocycles. The number of nitrogens with one attached hydrogen (secondary N) is 2. The lowest BCUT2D eigenvalue weighted by Crippen LogP contribution is -2.47. The number of fused-ring (bicyclic) bond motifs is 1. The third-order valence-electron chi connectivity index (χ3n) is 4.18. The lowest BCUT2D eigenvalue weighted by atomic mass is 10.1. The topological polar surface area (TPSA) is 110 Å². The summed E-state index contributed by atoms with van der Waals surface area (Å²) in [6.07, 6.45) is 1.67. The van der Waals surface area contributed by atoms with Gasteiger partial charge in [0.15, 0.2) is 0 Å². The van der Waals surface area contributed by atoms with Crippen LogP contribution in [0.2, 0.25) is 0 Å². The number of esters is 1. The first-order valence-electron chi connectivity index (χ1n) is 8.98. The summed E-state index contributed by atoms with van der Waals surface area (Å²) in [5.41, 5.74) is 2.40. The van der Waals surface area contributed by atoms with Crippen LogP contribution in [0.15, 0.2) is 60.8 Å². The third-order valence-corrected chi connectivity index (χ3v) is 4.18. The Labute approximate surface area is 167 Å². The molecule has 0 saturated heterocycles. The van der Waals surface area contributed by atoms with Crippen LogP contribution in [0.1, 0.15) is 16.1 Å². The van der Waals surface area contributed by atoms with Gasteiger partial charge in [-0.1, -0.05) is 30.3 Å². The molecule has 1 aromatic heterocycles. The number of benzene rings is 2. The molecule has 0 fully saturated rings. The molecular weight excluding hydrogens is 372 g/mol. The van der Waals surface area contributed by atoms with Crippen molar-refractivity contribution in [3.63, 3.8) is 0 Å². The standard InChI is InChI=1S/C21H20N4O4/c1-29-21(28)18(11-15-12-22-16-9-5-6-10-17(16)24-15)25-19(26)13-23-20(27)14-7-3-2-4-8-14/h2-10,12,18H,11,13H2,1H3,(H,23,27)(H,25,26)/t18-/m1/s1. The predicted molar refractivity (Wildman–Crippen MR) is 106 cm³/mol. The fourth-order valence-corrected chi connectivity index (χ4v) is 2.74. The Hall–Kier alpha value is -3.81. The van der Waals surface area contributed by atoms with E-state index < -0.39 is 17.9 Å². The summed E-state index contributed by atoms with van der Waals surface area (Å²) in [4.78, 5) is 45.2. The maximum Gasteiger partial charge on any atom is 0.328 e. The molecule has 148 valence electrons. The van der Waals surface area contributed by atoms with Gasteiger partial charge in [0.05, 0.1) is 30.4 Å². The second kappa shape index (κ2) is 9.41. The number of ether oxygens (including phenoxy) is 1. The highest BCUT2D eigenvalue weighted by molar-refractivity contribution is 5.96. The maximum absolute atomic E-state index is 12.2. The molecule has 0 radical (unpaired) electrons. The number of hydrogen-bond donors (Lipinski definition) is 2. The van der Waals surface area contributed by atoms with Crippen LogP contribution in [-0.4, -0.2) is 47.4 Å². The number of para-hydroxylation sites is 2. The minimum absolute atomic E-state index is 0.114. The molecule has 0 spiro atoms. The van der Waals surface area contributed by atoms with Crippen LogP contribution < -0.4 is 10.6 Å². The molecule has 0 unspecified atom stereocenters. The Kier molecular flexibility index (Phi) is 6.47. The second-order valence-electron chi connectivity index (χ2n) is 6.25. The SMILES string of the molecule is COC(=O)[C@@H](Cc1cnc2ccccc2n1)NC(=O)CNC(=O)c1ccccc1. The quantitative estimate of drug-likeness (QED) is 0.586. The number of carbonyl (C=O) groups excluding carboxylic acids is 3. The van der Waals surface area contributed by atoms with Crippen molar-refractivity contribution in [1.29, 1.82) is 0 Å². The normalized spacial score (nSPS) is 11.5. The van der Waals surface area contributed by atoms with Gasteiger partial charge in [-0.25, -0.2) is 9.78 Å². The van der Waals surface area contributed by atoms with Crippen molar-refractivity contribution in [2.75, 3.05) is 13.7 Å². The lowest BCUT2D eigenvalue weighted by molar-refractivity contribution is -0.144. The van der Waals surface area contributed by atoms with Crippen LogP contribution in [0.25, 0.3) is 11.0 Å². The van der Waals surface area contributed by atoms with Crippen LogP contribution in [0.4, 0.5) is 0 Å². The molecule has 1 atom stereocenters. The van der Waals surface area contributed by atoms with E-state index in [9.17, 15) is 14.4 Å². The Balaban J connectivity index is 1.62. The van der Waals surface area contributed by atoms with Crippen LogP contribution in [0.5, 0.6) is 0 Å². The summed E-state index contributed by atoms with van der Waals surface area (Å²) in [5, 5.41) is 5.09. The lowest BCUT2D eigenvalue weighted by Gasteiger charge is -2.16. The first-order valence-corrected chi connectivity index (χ1v) is 8.98. The second-order valence-corrected chi connectivity index (χ2v) is 6.25. The van der Waals surface area contributed by atoms with Gasteiger partial charge in [0, 0.05) is 18.2 Å². The number of rotatable bonds is 7. The minimum atomic E-state index is -0.948. The molecule has 1 heterocycles. The van der Waals surface area contributed by atoms with E-state index in [0.717, 1.165) is 5.52 Å². The molecule has 0 aliphatic rings. The molecule has 0 bridgehead atoms. The van der Waals surface area contributed by atoms with Gasteiger partial charge in [0.25, 0.3) is 5.91 Å². The van der Waals surface area contributed by atoms with Crippen LogP contribution >= 0.6 is 0 Å². The predicted octanol–water partition coefficient (Wildman–Crippen LogP) is 1.26. The number of aromatic nitrogens is 2. The number of nitrogens with zero attached hydrogens (tertiary/aromatic N) is 2. The summed E-state index contributed by atoms with van der Waals surface area (Å²) in [6.45, 7) is -0.273. The summed E-state index contributed by atoms with van der Waals surface area (Å²) >= 11 is 0. The van der Waals surface area contributed by atoms with Gasteiger partial charge in [-0.2, -0.15) is 0 Å². The molecule has 2 amide bonds. The monoisotopic (exact) mass is 392 g/mol. The van der Waals surface area contributed by atoms with Gasteiger partial charge in [0.2, 0.25) is 5.91 Å². The maximum atomic E-state index is 12.2. The van der Waals surface area contributed by atoms with Crippen LogP contribution in [-0.2, 0) is 20.7 Å². The minimum Gasteiger partial charge on any atom is -0.467 e. The van der Waals surface area contributed by atoms with Crippen LogP contribution in [0, 0.1) is 0 Å². The van der Waals surface area contributed by atoms with Gasteiger partial charge < -0.3 is 15.4 Å². The van der Waals surface area contributed by atoms with E-state index in [1.807, 2.05) is 24.3 Å². The molecule has 8 heteroatoms. The number of carbonyl (C=O) groups is 3. The van der Waals surface area contributed by atoms with Crippen molar-refractivity contribution in [1.82, 2.24) is 20.6 Å². The average molecular weight is 392 g/mol. The first kappa shape index (κ1) is 19.9. The van der Waals surface area contributed by atoms with Crippen molar-refractivity contribution >= 4 is 28.8 Å². The Morgan fingerprint density at radius 3 is 2.41 bits per heavy atom. The van der Waals surface area contributed by atoms with E-state index in [-0.39, 0.29) is 18.9 Å². The van der Waals surface area contributed by atoms with Gasteiger partial charge in [-0.15, -0.1) is 0 Å². The van der Waals surface area contributed by atoms with E-state index in [4.69, 9.17) is 4.74 Å².